The smallest absolute Gasteiger partial charge is 0.233 e. The number of nitrogens with zero attached hydrogens (tertiary/aromatic N) is 1. The van der Waals surface area contributed by atoms with E-state index in [0.717, 1.165) is 18.4 Å². The van der Waals surface area contributed by atoms with Crippen LogP contribution in [-0.2, 0) is 10.2 Å². The van der Waals surface area contributed by atoms with Crippen LogP contribution in [0, 0.1) is 5.82 Å². The fourth-order valence-corrected chi connectivity index (χ4v) is 3.89. The number of nitrogens with two attached hydrogens (primary N) is 1. The third-order valence-corrected chi connectivity index (χ3v) is 5.42. The molecule has 1 aliphatic heterocycles. The van der Waals surface area contributed by atoms with E-state index in [1.807, 2.05) is 29.2 Å². The summed E-state index contributed by atoms with van der Waals surface area (Å²) >= 11 is 0. The molecule has 0 radical (unpaired) electrons. The second-order valence-electron chi connectivity index (χ2n) is 6.98. The molecule has 1 heterocycles. The van der Waals surface area contributed by atoms with E-state index in [4.69, 9.17) is 5.73 Å². The van der Waals surface area contributed by atoms with Crippen LogP contribution in [-0.4, -0.2) is 29.9 Å². The first-order chi connectivity index (χ1) is 11.6. The van der Waals surface area contributed by atoms with Crippen LogP contribution < -0.4 is 5.73 Å². The van der Waals surface area contributed by atoms with Gasteiger partial charge in [0, 0.05) is 25.0 Å². The van der Waals surface area contributed by atoms with Gasteiger partial charge in [0.2, 0.25) is 5.91 Å². The molecule has 1 saturated heterocycles. The highest BCUT2D eigenvalue weighted by Gasteiger charge is 2.54. The van der Waals surface area contributed by atoms with Crippen LogP contribution in [0.2, 0.25) is 0 Å². The Labute approximate surface area is 153 Å². The molecule has 0 aromatic heterocycles. The van der Waals surface area contributed by atoms with E-state index in [0.29, 0.717) is 13.1 Å². The summed E-state index contributed by atoms with van der Waals surface area (Å²) in [4.78, 5) is 15.0. The summed E-state index contributed by atoms with van der Waals surface area (Å²) in [7, 11) is 0. The van der Waals surface area contributed by atoms with Gasteiger partial charge in [-0.25, -0.2) is 4.39 Å². The van der Waals surface area contributed by atoms with Gasteiger partial charge < -0.3 is 10.6 Å². The molecule has 1 aliphatic carbocycles. The molecule has 4 rings (SSSR count). The molecule has 25 heavy (non-hydrogen) atoms. The molecule has 0 spiro atoms. The summed E-state index contributed by atoms with van der Waals surface area (Å²) in [6.07, 6.45) is 1.58. The van der Waals surface area contributed by atoms with Gasteiger partial charge in [0.05, 0.1) is 5.41 Å². The predicted octanol–water partition coefficient (Wildman–Crippen LogP) is 3.23. The van der Waals surface area contributed by atoms with Crippen molar-refractivity contribution in [1.82, 2.24) is 4.90 Å². The molecule has 2 N–H and O–H groups in total. The third kappa shape index (κ3) is 3.16. The Morgan fingerprint density at radius 1 is 1.08 bits per heavy atom. The number of rotatable bonds is 3. The summed E-state index contributed by atoms with van der Waals surface area (Å²) < 4.78 is 13.6. The Morgan fingerprint density at radius 2 is 1.80 bits per heavy atom. The Hall–Kier alpha value is -1.91. The maximum absolute atomic E-state index is 13.6. The SMILES string of the molecule is Cl.N[C@@H]1CN(C(=O)C2(c3cccc(F)c3)CC2)C[C@H]1c1ccccc1. The van der Waals surface area contributed by atoms with Gasteiger partial charge in [-0.05, 0) is 36.1 Å². The molecule has 2 aliphatic rings. The maximum Gasteiger partial charge on any atom is 0.233 e. The lowest BCUT2D eigenvalue weighted by atomic mass is 9.94. The van der Waals surface area contributed by atoms with Gasteiger partial charge in [-0.1, -0.05) is 42.5 Å². The first-order valence-corrected chi connectivity index (χ1v) is 8.46. The van der Waals surface area contributed by atoms with Crippen molar-refractivity contribution in [3.63, 3.8) is 0 Å². The minimum absolute atomic E-state index is 0. The van der Waals surface area contributed by atoms with E-state index >= 15 is 0 Å². The molecule has 3 nitrogen and oxygen atoms in total. The summed E-state index contributed by atoms with van der Waals surface area (Å²) in [5, 5.41) is 0. The van der Waals surface area contributed by atoms with Crippen LogP contribution in [0.4, 0.5) is 4.39 Å². The molecule has 2 atom stereocenters. The molecular formula is C20H22ClFN2O. The minimum Gasteiger partial charge on any atom is -0.340 e. The molecular weight excluding hydrogens is 339 g/mol. The van der Waals surface area contributed by atoms with Crippen molar-refractivity contribution < 1.29 is 9.18 Å². The predicted molar refractivity (Wildman–Crippen MR) is 98.3 cm³/mol. The Balaban J connectivity index is 0.00000182. The van der Waals surface area contributed by atoms with E-state index < -0.39 is 5.41 Å². The van der Waals surface area contributed by atoms with Gasteiger partial charge in [-0.2, -0.15) is 0 Å². The lowest BCUT2D eigenvalue weighted by molar-refractivity contribution is -0.133. The fraction of sp³-hybridized carbons (Fsp3) is 0.350. The number of benzene rings is 2. The van der Waals surface area contributed by atoms with Crippen molar-refractivity contribution in [3.05, 3.63) is 71.5 Å². The van der Waals surface area contributed by atoms with Gasteiger partial charge >= 0.3 is 0 Å². The van der Waals surface area contributed by atoms with Crippen LogP contribution >= 0.6 is 12.4 Å². The summed E-state index contributed by atoms with van der Waals surface area (Å²) in [6.45, 7) is 1.20. The summed E-state index contributed by atoms with van der Waals surface area (Å²) in [5.74, 6) is -0.0210. The van der Waals surface area contributed by atoms with Crippen LogP contribution in [0.25, 0.3) is 0 Å². The molecule has 1 amide bonds. The van der Waals surface area contributed by atoms with E-state index in [1.54, 1.807) is 6.07 Å². The average Bonchev–Trinajstić information content (AvgIpc) is 3.32. The van der Waals surface area contributed by atoms with Crippen molar-refractivity contribution in [2.24, 2.45) is 5.73 Å². The molecule has 0 unspecified atom stereocenters. The van der Waals surface area contributed by atoms with Gasteiger partial charge in [0.25, 0.3) is 0 Å². The Morgan fingerprint density at radius 3 is 2.44 bits per heavy atom. The number of halogens is 2. The number of carbonyl (C=O) groups excluding carboxylic acids is 1. The van der Waals surface area contributed by atoms with E-state index in [1.165, 1.54) is 17.7 Å². The lowest BCUT2D eigenvalue weighted by Gasteiger charge is -2.23. The lowest BCUT2D eigenvalue weighted by Crippen LogP contribution is -2.39. The monoisotopic (exact) mass is 360 g/mol. The van der Waals surface area contributed by atoms with E-state index in [9.17, 15) is 9.18 Å². The summed E-state index contributed by atoms with van der Waals surface area (Å²) in [6, 6.07) is 16.5. The topological polar surface area (TPSA) is 46.3 Å². The molecule has 2 aromatic rings. The number of amides is 1. The van der Waals surface area contributed by atoms with Crippen molar-refractivity contribution in [2.45, 2.75) is 30.2 Å². The van der Waals surface area contributed by atoms with E-state index in [2.05, 4.69) is 12.1 Å². The zero-order valence-electron chi connectivity index (χ0n) is 13.9. The van der Waals surface area contributed by atoms with Gasteiger partial charge in [-0.15, -0.1) is 12.4 Å². The van der Waals surface area contributed by atoms with Crippen LogP contribution in [0.1, 0.15) is 29.9 Å². The van der Waals surface area contributed by atoms with Crippen LogP contribution in [0.3, 0.4) is 0 Å². The first kappa shape index (κ1) is 17.9. The zero-order chi connectivity index (χ0) is 16.7. The highest BCUT2D eigenvalue weighted by molar-refractivity contribution is 5.91. The second kappa shape index (κ2) is 6.77. The molecule has 0 bridgehead atoms. The van der Waals surface area contributed by atoms with Crippen molar-refractivity contribution in [1.29, 1.82) is 0 Å². The highest BCUT2D eigenvalue weighted by atomic mass is 35.5. The maximum atomic E-state index is 13.6. The molecule has 2 aromatic carbocycles. The number of hydrogen-bond acceptors (Lipinski definition) is 2. The normalized spacial score (nSPS) is 23.8. The third-order valence-electron chi connectivity index (χ3n) is 5.42. The molecule has 1 saturated carbocycles. The largest absolute Gasteiger partial charge is 0.340 e. The Kier molecular flexibility index (Phi) is 4.85. The quantitative estimate of drug-likeness (QED) is 0.913. The zero-order valence-corrected chi connectivity index (χ0v) is 14.7. The minimum atomic E-state index is -0.534. The van der Waals surface area contributed by atoms with Crippen molar-refractivity contribution >= 4 is 18.3 Å². The second-order valence-corrected chi connectivity index (χ2v) is 6.98. The number of carbonyl (C=O) groups is 1. The molecule has 2 fully saturated rings. The highest BCUT2D eigenvalue weighted by Crippen LogP contribution is 2.50. The Bertz CT molecular complexity index is 763. The van der Waals surface area contributed by atoms with Crippen molar-refractivity contribution in [2.75, 3.05) is 13.1 Å². The van der Waals surface area contributed by atoms with Gasteiger partial charge in [0.1, 0.15) is 5.82 Å². The fourth-order valence-electron chi connectivity index (χ4n) is 3.89. The number of likely N-dealkylation sites (tertiary alicyclic amines) is 1. The number of hydrogen-bond donors (Lipinski definition) is 1. The molecule has 5 heteroatoms. The average molecular weight is 361 g/mol. The van der Waals surface area contributed by atoms with Crippen LogP contribution in [0.15, 0.2) is 54.6 Å². The first-order valence-electron chi connectivity index (χ1n) is 8.46. The standard InChI is InChI=1S/C20H21FN2O.ClH/c21-16-8-4-7-15(11-16)20(9-10-20)19(24)23-12-17(18(22)13-23)14-5-2-1-3-6-14;/h1-8,11,17-18H,9-10,12-13,22H2;1H/t17-,18+;/m0./s1. The van der Waals surface area contributed by atoms with E-state index in [-0.39, 0.29) is 36.1 Å². The van der Waals surface area contributed by atoms with Crippen LogP contribution in [0.5, 0.6) is 0 Å². The summed E-state index contributed by atoms with van der Waals surface area (Å²) in [5.41, 5.74) is 7.75. The van der Waals surface area contributed by atoms with Gasteiger partial charge in [0.15, 0.2) is 0 Å². The molecule has 132 valence electrons. The van der Waals surface area contributed by atoms with Crippen molar-refractivity contribution in [3.8, 4) is 0 Å². The van der Waals surface area contributed by atoms with Gasteiger partial charge in [-0.3, -0.25) is 4.79 Å².